The molecule has 0 saturated heterocycles. The second-order valence-corrected chi connectivity index (χ2v) is 5.57. The number of amides is 2. The number of urea groups is 1. The van der Waals surface area contributed by atoms with Crippen molar-refractivity contribution >= 4 is 11.7 Å². The van der Waals surface area contributed by atoms with Gasteiger partial charge in [0, 0.05) is 12.2 Å². The topological polar surface area (TPSA) is 79.8 Å². The fourth-order valence-corrected chi connectivity index (χ4v) is 2.45. The largest absolute Gasteiger partial charge is 0.486 e. The number of hydrogen-bond donors (Lipinski definition) is 3. The van der Waals surface area contributed by atoms with Gasteiger partial charge in [0.05, 0.1) is 6.10 Å². The van der Waals surface area contributed by atoms with Crippen LogP contribution in [0.4, 0.5) is 10.5 Å². The highest BCUT2D eigenvalue weighted by atomic mass is 16.6. The minimum Gasteiger partial charge on any atom is -0.486 e. The predicted octanol–water partition coefficient (Wildman–Crippen LogP) is 2.62. The number of hydrogen-bond acceptors (Lipinski definition) is 4. The first-order valence-electron chi connectivity index (χ1n) is 7.81. The number of anilines is 1. The Balaban J connectivity index is 1.56. The first-order chi connectivity index (χ1) is 11.6. The average molecular weight is 328 g/mol. The zero-order chi connectivity index (χ0) is 16.9. The standard InChI is InChI=1S/C18H20N2O4/c1-12-4-2-3-5-14(12)20-18(22)19-11-15(21)13-6-7-16-17(10-13)24-9-8-23-16/h2-7,10,15,21H,8-9,11H2,1H3,(H2,19,20,22)/t15-/m1/s1. The molecule has 1 atom stereocenters. The summed E-state index contributed by atoms with van der Waals surface area (Å²) in [6.45, 7) is 3.02. The Morgan fingerprint density at radius 3 is 2.71 bits per heavy atom. The number of rotatable bonds is 4. The van der Waals surface area contributed by atoms with Crippen LogP contribution in [0.5, 0.6) is 11.5 Å². The van der Waals surface area contributed by atoms with Gasteiger partial charge in [0.2, 0.25) is 0 Å². The van der Waals surface area contributed by atoms with E-state index in [9.17, 15) is 9.90 Å². The number of aliphatic hydroxyl groups is 1. The third kappa shape index (κ3) is 3.78. The van der Waals surface area contributed by atoms with E-state index in [2.05, 4.69) is 10.6 Å². The summed E-state index contributed by atoms with van der Waals surface area (Å²) < 4.78 is 10.9. The van der Waals surface area contributed by atoms with Gasteiger partial charge in [0.1, 0.15) is 13.2 Å². The van der Waals surface area contributed by atoms with Crippen LogP contribution in [0.2, 0.25) is 0 Å². The van der Waals surface area contributed by atoms with Crippen molar-refractivity contribution in [3.63, 3.8) is 0 Å². The molecule has 24 heavy (non-hydrogen) atoms. The molecule has 1 heterocycles. The number of ether oxygens (including phenoxy) is 2. The van der Waals surface area contributed by atoms with E-state index >= 15 is 0 Å². The number of aliphatic hydroxyl groups excluding tert-OH is 1. The molecule has 2 aromatic rings. The van der Waals surface area contributed by atoms with Crippen LogP contribution in [0.3, 0.4) is 0 Å². The number of benzene rings is 2. The lowest BCUT2D eigenvalue weighted by Gasteiger charge is -2.20. The SMILES string of the molecule is Cc1ccccc1NC(=O)NC[C@@H](O)c1ccc2c(c1)OCCO2. The summed E-state index contributed by atoms with van der Waals surface area (Å²) in [6.07, 6.45) is -0.830. The molecule has 0 aliphatic carbocycles. The second kappa shape index (κ2) is 7.23. The van der Waals surface area contributed by atoms with Crippen LogP contribution >= 0.6 is 0 Å². The fourth-order valence-electron chi connectivity index (χ4n) is 2.45. The molecule has 0 fully saturated rings. The van der Waals surface area contributed by atoms with Gasteiger partial charge >= 0.3 is 6.03 Å². The van der Waals surface area contributed by atoms with Gasteiger partial charge in [-0.3, -0.25) is 0 Å². The summed E-state index contributed by atoms with van der Waals surface area (Å²) in [6, 6.07) is 12.4. The zero-order valence-corrected chi connectivity index (χ0v) is 13.4. The molecule has 1 aliphatic rings. The van der Waals surface area contributed by atoms with Crippen LogP contribution < -0.4 is 20.1 Å². The quantitative estimate of drug-likeness (QED) is 0.806. The lowest BCUT2D eigenvalue weighted by molar-refractivity contribution is 0.163. The Morgan fingerprint density at radius 1 is 1.17 bits per heavy atom. The molecule has 0 unspecified atom stereocenters. The summed E-state index contributed by atoms with van der Waals surface area (Å²) in [5.74, 6) is 1.28. The molecule has 0 bridgehead atoms. The van der Waals surface area contributed by atoms with E-state index in [0.717, 1.165) is 11.3 Å². The molecular weight excluding hydrogens is 308 g/mol. The Labute approximate surface area is 140 Å². The maximum Gasteiger partial charge on any atom is 0.319 e. The van der Waals surface area contributed by atoms with Gasteiger partial charge in [0.25, 0.3) is 0 Å². The molecule has 0 saturated carbocycles. The molecule has 2 aromatic carbocycles. The predicted molar refractivity (Wildman–Crippen MR) is 90.6 cm³/mol. The van der Waals surface area contributed by atoms with Crippen LogP contribution in [-0.2, 0) is 0 Å². The molecule has 3 N–H and O–H groups in total. The number of nitrogens with one attached hydrogen (secondary N) is 2. The Bertz CT molecular complexity index is 733. The Kier molecular flexibility index (Phi) is 4.86. The van der Waals surface area contributed by atoms with Gasteiger partial charge in [0.15, 0.2) is 11.5 Å². The van der Waals surface area contributed by atoms with E-state index in [4.69, 9.17) is 9.47 Å². The molecule has 0 radical (unpaired) electrons. The number of carbonyl (C=O) groups is 1. The van der Waals surface area contributed by atoms with E-state index in [1.54, 1.807) is 18.2 Å². The summed E-state index contributed by atoms with van der Waals surface area (Å²) in [5.41, 5.74) is 2.37. The van der Waals surface area contributed by atoms with Gasteiger partial charge in [-0.25, -0.2) is 4.79 Å². The van der Waals surface area contributed by atoms with Gasteiger partial charge in [-0.15, -0.1) is 0 Å². The fraction of sp³-hybridized carbons (Fsp3) is 0.278. The van der Waals surface area contributed by atoms with Crippen molar-refractivity contribution in [1.29, 1.82) is 0 Å². The van der Waals surface area contributed by atoms with Crippen molar-refractivity contribution < 1.29 is 19.4 Å². The molecule has 0 spiro atoms. The monoisotopic (exact) mass is 328 g/mol. The second-order valence-electron chi connectivity index (χ2n) is 5.57. The Hall–Kier alpha value is -2.73. The molecule has 2 amide bonds. The van der Waals surface area contributed by atoms with Gasteiger partial charge < -0.3 is 25.2 Å². The third-order valence-corrected chi connectivity index (χ3v) is 3.80. The summed E-state index contributed by atoms with van der Waals surface area (Å²) >= 11 is 0. The average Bonchev–Trinajstić information content (AvgIpc) is 2.61. The third-order valence-electron chi connectivity index (χ3n) is 3.80. The smallest absolute Gasteiger partial charge is 0.319 e. The molecule has 6 heteroatoms. The normalized spacial score (nSPS) is 13.9. The summed E-state index contributed by atoms with van der Waals surface area (Å²) in [4.78, 5) is 12.0. The van der Waals surface area contributed by atoms with Gasteiger partial charge in [-0.2, -0.15) is 0 Å². The number of para-hydroxylation sites is 1. The lowest BCUT2D eigenvalue weighted by Crippen LogP contribution is -2.32. The van der Waals surface area contributed by atoms with Crippen molar-refractivity contribution in [2.24, 2.45) is 0 Å². The molecule has 3 rings (SSSR count). The van der Waals surface area contributed by atoms with Crippen molar-refractivity contribution in [3.8, 4) is 11.5 Å². The van der Waals surface area contributed by atoms with E-state index in [1.807, 2.05) is 31.2 Å². The molecule has 1 aliphatic heterocycles. The van der Waals surface area contributed by atoms with Crippen molar-refractivity contribution in [1.82, 2.24) is 5.32 Å². The zero-order valence-electron chi connectivity index (χ0n) is 13.4. The number of carbonyl (C=O) groups excluding carboxylic acids is 1. The summed E-state index contributed by atoms with van der Waals surface area (Å²) in [5, 5.41) is 15.7. The highest BCUT2D eigenvalue weighted by Crippen LogP contribution is 2.32. The minimum absolute atomic E-state index is 0.0946. The van der Waals surface area contributed by atoms with Gasteiger partial charge in [-0.05, 0) is 36.2 Å². The van der Waals surface area contributed by atoms with Crippen molar-refractivity contribution in [3.05, 3.63) is 53.6 Å². The summed E-state index contributed by atoms with van der Waals surface area (Å²) in [7, 11) is 0. The lowest BCUT2D eigenvalue weighted by atomic mass is 10.1. The van der Waals surface area contributed by atoms with Crippen molar-refractivity contribution in [2.75, 3.05) is 25.1 Å². The van der Waals surface area contributed by atoms with E-state index in [0.29, 0.717) is 30.3 Å². The first kappa shape index (κ1) is 16.1. The first-order valence-corrected chi connectivity index (χ1v) is 7.81. The highest BCUT2D eigenvalue weighted by Gasteiger charge is 2.16. The highest BCUT2D eigenvalue weighted by molar-refractivity contribution is 5.90. The van der Waals surface area contributed by atoms with Gasteiger partial charge in [-0.1, -0.05) is 24.3 Å². The molecule has 126 valence electrons. The molecular formula is C18H20N2O4. The van der Waals surface area contributed by atoms with Crippen LogP contribution in [0, 0.1) is 6.92 Å². The van der Waals surface area contributed by atoms with Crippen molar-refractivity contribution in [2.45, 2.75) is 13.0 Å². The number of fused-ring (bicyclic) bond motifs is 1. The molecule has 0 aromatic heterocycles. The Morgan fingerprint density at radius 2 is 1.92 bits per heavy atom. The van der Waals surface area contributed by atoms with Crippen LogP contribution in [0.1, 0.15) is 17.2 Å². The van der Waals surface area contributed by atoms with Crippen LogP contribution in [0.15, 0.2) is 42.5 Å². The number of aryl methyl sites for hydroxylation is 1. The maximum absolute atomic E-state index is 12.0. The van der Waals surface area contributed by atoms with E-state index in [1.165, 1.54) is 0 Å². The van der Waals surface area contributed by atoms with E-state index < -0.39 is 6.10 Å². The van der Waals surface area contributed by atoms with Crippen LogP contribution in [-0.4, -0.2) is 30.9 Å². The maximum atomic E-state index is 12.0. The van der Waals surface area contributed by atoms with E-state index in [-0.39, 0.29) is 12.6 Å². The molecule has 6 nitrogen and oxygen atoms in total. The van der Waals surface area contributed by atoms with Crippen LogP contribution in [0.25, 0.3) is 0 Å². The minimum atomic E-state index is -0.830.